The fraction of sp³-hybridized carbons (Fsp3) is 0.632. The minimum absolute atomic E-state index is 0.0503. The van der Waals surface area contributed by atoms with Crippen LogP contribution in [0.15, 0.2) is 29.2 Å². The van der Waals surface area contributed by atoms with Crippen LogP contribution in [0.3, 0.4) is 0 Å². The molecule has 2 fully saturated rings. The summed E-state index contributed by atoms with van der Waals surface area (Å²) < 4.78 is 23.9. The molecule has 6 heteroatoms. The molecule has 0 N–H and O–H groups in total. The number of carbonyl (C=O) groups is 1. The molecule has 1 aliphatic carbocycles. The highest BCUT2D eigenvalue weighted by atomic mass is 32.2. The van der Waals surface area contributed by atoms with E-state index in [0.717, 1.165) is 4.88 Å². The number of thiophene rings is 1. The largest absolute Gasteiger partial charge is 0.333 e. The van der Waals surface area contributed by atoms with Crippen LogP contribution in [0.2, 0.25) is 0 Å². The Labute approximate surface area is 154 Å². The SMILES string of the molecule is CC(C)=C[C@@H]1[C@H](C(=O)N(Cc2cccs2)[C@@H]2CCS(=O)(=O)C2)C1(C)C. The first kappa shape index (κ1) is 18.6. The molecule has 1 aliphatic heterocycles. The first-order valence-electron chi connectivity index (χ1n) is 8.80. The van der Waals surface area contributed by atoms with Crippen LogP contribution in [0, 0.1) is 17.3 Å². The number of hydrogen-bond donors (Lipinski definition) is 0. The average molecular weight is 382 g/mol. The summed E-state index contributed by atoms with van der Waals surface area (Å²) >= 11 is 1.62. The van der Waals surface area contributed by atoms with E-state index in [1.165, 1.54) is 5.57 Å². The topological polar surface area (TPSA) is 54.5 Å². The van der Waals surface area contributed by atoms with Crippen molar-refractivity contribution in [2.75, 3.05) is 11.5 Å². The summed E-state index contributed by atoms with van der Waals surface area (Å²) in [4.78, 5) is 16.3. The van der Waals surface area contributed by atoms with E-state index in [0.29, 0.717) is 13.0 Å². The molecule has 25 heavy (non-hydrogen) atoms. The monoisotopic (exact) mass is 381 g/mol. The number of allylic oxidation sites excluding steroid dienone is 2. The molecule has 1 saturated carbocycles. The van der Waals surface area contributed by atoms with Gasteiger partial charge < -0.3 is 4.90 Å². The van der Waals surface area contributed by atoms with Gasteiger partial charge in [-0.3, -0.25) is 4.79 Å². The quantitative estimate of drug-likeness (QED) is 0.734. The van der Waals surface area contributed by atoms with Gasteiger partial charge in [0.15, 0.2) is 9.84 Å². The van der Waals surface area contributed by atoms with E-state index in [9.17, 15) is 13.2 Å². The predicted octanol–water partition coefficient (Wildman–Crippen LogP) is 3.50. The normalized spacial score (nSPS) is 29.2. The van der Waals surface area contributed by atoms with E-state index in [4.69, 9.17) is 0 Å². The summed E-state index contributed by atoms with van der Waals surface area (Å²) in [5, 5.41) is 2.00. The lowest BCUT2D eigenvalue weighted by Crippen LogP contribution is -2.42. The van der Waals surface area contributed by atoms with Crippen molar-refractivity contribution < 1.29 is 13.2 Å². The summed E-state index contributed by atoms with van der Waals surface area (Å²) in [6, 6.07) is 3.80. The standard InChI is InChI=1S/C19H27NO3S2/c1-13(2)10-16-17(19(16,3)4)18(21)20(11-15-6-5-8-24-15)14-7-9-25(22,23)12-14/h5-6,8,10,14,16-17H,7,9,11-12H2,1-4H3/t14-,16-,17-/m1/s1. The molecule has 1 aromatic rings. The summed E-state index contributed by atoms with van der Waals surface area (Å²) in [6.45, 7) is 8.90. The van der Waals surface area contributed by atoms with Crippen LogP contribution in [-0.2, 0) is 21.2 Å². The van der Waals surface area contributed by atoms with E-state index < -0.39 is 9.84 Å². The first-order chi connectivity index (χ1) is 11.6. The van der Waals surface area contributed by atoms with Crippen LogP contribution < -0.4 is 0 Å². The number of nitrogens with zero attached hydrogens (tertiary/aromatic N) is 1. The third-order valence-corrected chi connectivity index (χ3v) is 8.14. The number of sulfone groups is 1. The summed E-state index contributed by atoms with van der Waals surface area (Å²) in [5.41, 5.74) is 1.17. The Balaban J connectivity index is 1.84. The van der Waals surface area contributed by atoms with Crippen molar-refractivity contribution >= 4 is 27.1 Å². The molecule has 3 rings (SSSR count). The maximum atomic E-state index is 13.3. The van der Waals surface area contributed by atoms with Crippen molar-refractivity contribution in [1.29, 1.82) is 0 Å². The maximum Gasteiger partial charge on any atom is 0.227 e. The molecule has 4 nitrogen and oxygen atoms in total. The van der Waals surface area contributed by atoms with Crippen molar-refractivity contribution in [3.63, 3.8) is 0 Å². The lowest BCUT2D eigenvalue weighted by molar-refractivity contribution is -0.136. The van der Waals surface area contributed by atoms with E-state index in [2.05, 4.69) is 33.8 Å². The fourth-order valence-corrected chi connectivity index (χ4v) is 6.41. The minimum Gasteiger partial charge on any atom is -0.333 e. The van der Waals surface area contributed by atoms with Gasteiger partial charge in [0.2, 0.25) is 5.91 Å². The zero-order valence-corrected chi connectivity index (χ0v) is 17.0. The van der Waals surface area contributed by atoms with Gasteiger partial charge in [-0.05, 0) is 43.0 Å². The third-order valence-electron chi connectivity index (χ3n) is 5.53. The summed E-state index contributed by atoms with van der Waals surface area (Å²) in [5.74, 6) is 0.601. The number of hydrogen-bond acceptors (Lipinski definition) is 4. The van der Waals surface area contributed by atoms with Gasteiger partial charge in [0.05, 0.1) is 24.0 Å². The van der Waals surface area contributed by atoms with Crippen LogP contribution in [0.5, 0.6) is 0 Å². The number of rotatable bonds is 5. The van der Waals surface area contributed by atoms with Crippen molar-refractivity contribution in [3.8, 4) is 0 Å². The van der Waals surface area contributed by atoms with Gasteiger partial charge in [-0.2, -0.15) is 0 Å². The smallest absolute Gasteiger partial charge is 0.227 e. The molecule has 2 heterocycles. The lowest BCUT2D eigenvalue weighted by atomic mass is 10.1. The van der Waals surface area contributed by atoms with Gasteiger partial charge >= 0.3 is 0 Å². The van der Waals surface area contributed by atoms with Crippen molar-refractivity contribution in [3.05, 3.63) is 34.0 Å². The molecule has 1 amide bonds. The van der Waals surface area contributed by atoms with Crippen LogP contribution in [0.1, 0.15) is 39.0 Å². The van der Waals surface area contributed by atoms with Crippen molar-refractivity contribution in [2.24, 2.45) is 17.3 Å². The maximum absolute atomic E-state index is 13.3. The molecule has 138 valence electrons. The summed E-state index contributed by atoms with van der Waals surface area (Å²) in [6.07, 6.45) is 2.75. The molecule has 0 radical (unpaired) electrons. The average Bonchev–Trinajstić information content (AvgIpc) is 2.93. The molecule has 1 saturated heterocycles. The molecule has 0 unspecified atom stereocenters. The highest BCUT2D eigenvalue weighted by molar-refractivity contribution is 7.91. The lowest BCUT2D eigenvalue weighted by Gasteiger charge is -2.28. The second kappa shape index (κ2) is 6.54. The van der Waals surface area contributed by atoms with Gasteiger partial charge in [0.25, 0.3) is 0 Å². The minimum atomic E-state index is -3.02. The van der Waals surface area contributed by atoms with E-state index in [-0.39, 0.29) is 40.7 Å². The predicted molar refractivity (Wildman–Crippen MR) is 102 cm³/mol. The zero-order valence-electron chi connectivity index (χ0n) is 15.4. The molecule has 1 aromatic heterocycles. The Bertz CT molecular complexity index is 774. The van der Waals surface area contributed by atoms with Gasteiger partial charge in [-0.15, -0.1) is 11.3 Å². The van der Waals surface area contributed by atoms with Crippen LogP contribution >= 0.6 is 11.3 Å². The zero-order chi connectivity index (χ0) is 18.4. The summed E-state index contributed by atoms with van der Waals surface area (Å²) in [7, 11) is -3.02. The molecular formula is C19H27NO3S2. The van der Waals surface area contributed by atoms with E-state index in [1.54, 1.807) is 11.3 Å². The van der Waals surface area contributed by atoms with Crippen LogP contribution in [0.4, 0.5) is 0 Å². The molecular weight excluding hydrogens is 354 g/mol. The Hall–Kier alpha value is -1.14. The van der Waals surface area contributed by atoms with Crippen LogP contribution in [0.25, 0.3) is 0 Å². The number of amides is 1. The molecule has 2 aliphatic rings. The molecule has 0 aromatic carbocycles. The second-order valence-electron chi connectivity index (χ2n) is 8.17. The van der Waals surface area contributed by atoms with E-state index >= 15 is 0 Å². The van der Waals surface area contributed by atoms with Crippen LogP contribution in [-0.4, -0.2) is 36.8 Å². The molecule has 3 atom stereocenters. The Kier molecular flexibility index (Phi) is 4.88. The van der Waals surface area contributed by atoms with Gasteiger partial charge in [-0.1, -0.05) is 31.6 Å². The Morgan fingerprint density at radius 3 is 2.64 bits per heavy atom. The molecule has 0 bridgehead atoms. The molecule has 0 spiro atoms. The van der Waals surface area contributed by atoms with Crippen molar-refractivity contribution in [2.45, 2.75) is 46.7 Å². The highest BCUT2D eigenvalue weighted by Gasteiger charge is 2.61. The Morgan fingerprint density at radius 1 is 1.40 bits per heavy atom. The first-order valence-corrected chi connectivity index (χ1v) is 11.5. The van der Waals surface area contributed by atoms with E-state index in [1.807, 2.05) is 22.4 Å². The van der Waals surface area contributed by atoms with Gasteiger partial charge in [-0.25, -0.2) is 8.42 Å². The highest BCUT2D eigenvalue weighted by Crippen LogP contribution is 2.60. The Morgan fingerprint density at radius 2 is 2.12 bits per heavy atom. The van der Waals surface area contributed by atoms with Gasteiger partial charge in [0, 0.05) is 10.9 Å². The van der Waals surface area contributed by atoms with Crippen molar-refractivity contribution in [1.82, 2.24) is 4.90 Å². The third kappa shape index (κ3) is 3.85. The van der Waals surface area contributed by atoms with Gasteiger partial charge in [0.1, 0.15) is 0 Å². The fourth-order valence-electron chi connectivity index (χ4n) is 3.98. The second-order valence-corrected chi connectivity index (χ2v) is 11.4. The number of carbonyl (C=O) groups excluding carboxylic acids is 1.